The molecule has 0 spiro atoms. The lowest BCUT2D eigenvalue weighted by Crippen LogP contribution is -2.45. The number of pyridine rings is 1. The Labute approximate surface area is 136 Å². The van der Waals surface area contributed by atoms with E-state index in [4.69, 9.17) is 11.6 Å². The Balaban J connectivity index is 2.17. The topological polar surface area (TPSA) is 42.0 Å². The Morgan fingerprint density at radius 2 is 1.91 bits per heavy atom. The van der Waals surface area contributed by atoms with Crippen molar-refractivity contribution in [3.8, 4) is 0 Å². The van der Waals surface area contributed by atoms with E-state index in [0.717, 1.165) is 6.42 Å². The third-order valence-corrected chi connectivity index (χ3v) is 3.95. The first-order chi connectivity index (χ1) is 10.4. The summed E-state index contributed by atoms with van der Waals surface area (Å²) in [5.74, 6) is -0.164. The van der Waals surface area contributed by atoms with Crippen LogP contribution in [-0.4, -0.2) is 16.9 Å². The first-order valence-corrected chi connectivity index (χ1v) is 7.70. The van der Waals surface area contributed by atoms with E-state index in [-0.39, 0.29) is 17.4 Å². The zero-order chi connectivity index (χ0) is 16.2. The van der Waals surface area contributed by atoms with Crippen molar-refractivity contribution in [2.24, 2.45) is 5.41 Å². The van der Waals surface area contributed by atoms with Gasteiger partial charge < -0.3 is 5.32 Å². The monoisotopic (exact) mass is 316 g/mol. The minimum Gasteiger partial charge on any atom is -0.348 e. The highest BCUT2D eigenvalue weighted by Crippen LogP contribution is 2.24. The molecule has 1 aromatic heterocycles. The lowest BCUT2D eigenvalue weighted by atomic mass is 9.83. The number of carbonyl (C=O) groups is 1. The Bertz CT molecular complexity index is 635. The Hall–Kier alpha value is -1.87. The fourth-order valence-electron chi connectivity index (χ4n) is 2.22. The van der Waals surface area contributed by atoms with Crippen molar-refractivity contribution >= 4 is 17.5 Å². The van der Waals surface area contributed by atoms with Gasteiger partial charge in [0.25, 0.3) is 5.91 Å². The smallest absolute Gasteiger partial charge is 0.253 e. The quantitative estimate of drug-likeness (QED) is 0.921. The molecule has 3 nitrogen and oxygen atoms in total. The zero-order valence-electron chi connectivity index (χ0n) is 13.1. The largest absolute Gasteiger partial charge is 0.348 e. The average molecular weight is 317 g/mol. The summed E-state index contributed by atoms with van der Waals surface area (Å²) in [5.41, 5.74) is 1.59. The van der Waals surface area contributed by atoms with Gasteiger partial charge in [-0.3, -0.25) is 9.78 Å². The summed E-state index contributed by atoms with van der Waals surface area (Å²) in [6.45, 7) is 6.36. The van der Waals surface area contributed by atoms with E-state index in [1.165, 1.54) is 11.8 Å². The van der Waals surface area contributed by atoms with Crippen LogP contribution in [0, 0.1) is 5.41 Å². The molecule has 0 fully saturated rings. The molecule has 0 radical (unpaired) electrons. The number of halogens is 1. The van der Waals surface area contributed by atoms with Gasteiger partial charge in [-0.15, -0.1) is 0 Å². The van der Waals surface area contributed by atoms with Crippen LogP contribution < -0.4 is 5.32 Å². The van der Waals surface area contributed by atoms with Crippen molar-refractivity contribution < 1.29 is 4.79 Å². The van der Waals surface area contributed by atoms with Crippen LogP contribution in [0.2, 0.25) is 5.02 Å². The molecule has 1 N–H and O–H groups in total. The second kappa shape index (κ2) is 6.93. The van der Waals surface area contributed by atoms with E-state index < -0.39 is 0 Å². The van der Waals surface area contributed by atoms with Crippen molar-refractivity contribution in [2.75, 3.05) is 0 Å². The Morgan fingerprint density at radius 3 is 2.50 bits per heavy atom. The maximum atomic E-state index is 12.5. The summed E-state index contributed by atoms with van der Waals surface area (Å²) in [5, 5.41) is 3.48. The van der Waals surface area contributed by atoms with Gasteiger partial charge in [0, 0.05) is 18.4 Å². The molecule has 4 heteroatoms. The highest BCUT2D eigenvalue weighted by molar-refractivity contribution is 6.33. The SMILES string of the molecule is CC(C)(C)[C@H](Cc1ccccc1)NC(=O)c1ccncc1Cl. The summed E-state index contributed by atoms with van der Waals surface area (Å²) in [6, 6.07) is 11.8. The standard InChI is InChI=1S/C18H21ClN2O/c1-18(2,3)16(11-13-7-5-4-6-8-13)21-17(22)14-9-10-20-12-15(14)19/h4-10,12,16H,11H2,1-3H3,(H,21,22)/t16-/m0/s1. The van der Waals surface area contributed by atoms with Crippen LogP contribution in [0.3, 0.4) is 0 Å². The molecule has 116 valence electrons. The number of benzene rings is 1. The molecule has 1 atom stereocenters. The molecule has 1 aromatic carbocycles. The normalized spacial score (nSPS) is 12.7. The summed E-state index contributed by atoms with van der Waals surface area (Å²) in [7, 11) is 0. The molecule has 1 heterocycles. The van der Waals surface area contributed by atoms with Gasteiger partial charge >= 0.3 is 0 Å². The van der Waals surface area contributed by atoms with Gasteiger partial charge in [0.2, 0.25) is 0 Å². The van der Waals surface area contributed by atoms with Gasteiger partial charge in [-0.05, 0) is 23.5 Å². The maximum absolute atomic E-state index is 12.5. The highest BCUT2D eigenvalue weighted by Gasteiger charge is 2.27. The van der Waals surface area contributed by atoms with Crippen molar-refractivity contribution in [3.63, 3.8) is 0 Å². The van der Waals surface area contributed by atoms with Gasteiger partial charge in [-0.2, -0.15) is 0 Å². The van der Waals surface area contributed by atoms with E-state index in [9.17, 15) is 4.79 Å². The molecule has 0 bridgehead atoms. The van der Waals surface area contributed by atoms with Gasteiger partial charge in [0.05, 0.1) is 10.6 Å². The third-order valence-electron chi connectivity index (χ3n) is 3.65. The fourth-order valence-corrected chi connectivity index (χ4v) is 2.42. The molecule has 0 aliphatic carbocycles. The molecular formula is C18H21ClN2O. The number of carbonyl (C=O) groups excluding carboxylic acids is 1. The number of hydrogen-bond acceptors (Lipinski definition) is 2. The number of aromatic nitrogens is 1. The van der Waals surface area contributed by atoms with Crippen LogP contribution in [0.15, 0.2) is 48.8 Å². The van der Waals surface area contributed by atoms with Crippen LogP contribution in [0.4, 0.5) is 0 Å². The summed E-state index contributed by atoms with van der Waals surface area (Å²) < 4.78 is 0. The van der Waals surface area contributed by atoms with E-state index in [1.807, 2.05) is 18.2 Å². The number of rotatable bonds is 4. The predicted octanol–water partition coefficient (Wildman–Crippen LogP) is 4.12. The van der Waals surface area contributed by atoms with E-state index >= 15 is 0 Å². The van der Waals surface area contributed by atoms with Crippen LogP contribution >= 0.6 is 11.6 Å². The van der Waals surface area contributed by atoms with Gasteiger partial charge in [-0.1, -0.05) is 62.7 Å². The number of amides is 1. The Kier molecular flexibility index (Phi) is 5.19. The molecule has 1 amide bonds. The molecule has 0 aliphatic rings. The number of nitrogens with one attached hydrogen (secondary N) is 1. The molecule has 0 saturated heterocycles. The van der Waals surface area contributed by atoms with Crippen LogP contribution in [0.25, 0.3) is 0 Å². The molecule has 0 aliphatic heterocycles. The van der Waals surface area contributed by atoms with Crippen molar-refractivity contribution in [3.05, 3.63) is 64.9 Å². The van der Waals surface area contributed by atoms with E-state index in [1.54, 1.807) is 12.3 Å². The van der Waals surface area contributed by atoms with Crippen LogP contribution in [0.1, 0.15) is 36.7 Å². The van der Waals surface area contributed by atoms with E-state index in [2.05, 4.69) is 43.2 Å². The molecule has 0 saturated carbocycles. The molecule has 2 aromatic rings. The predicted molar refractivity (Wildman–Crippen MR) is 90.1 cm³/mol. The summed E-state index contributed by atoms with van der Waals surface area (Å²) in [6.07, 6.45) is 3.84. The van der Waals surface area contributed by atoms with Gasteiger partial charge in [-0.25, -0.2) is 0 Å². The van der Waals surface area contributed by atoms with Gasteiger partial charge in [0.1, 0.15) is 0 Å². The first kappa shape index (κ1) is 16.5. The van der Waals surface area contributed by atoms with Crippen molar-refractivity contribution in [2.45, 2.75) is 33.2 Å². The summed E-state index contributed by atoms with van der Waals surface area (Å²) in [4.78, 5) is 16.4. The fraction of sp³-hybridized carbons (Fsp3) is 0.333. The second-order valence-electron chi connectivity index (χ2n) is 6.44. The molecule has 0 unspecified atom stereocenters. The van der Waals surface area contributed by atoms with Crippen LogP contribution in [0.5, 0.6) is 0 Å². The average Bonchev–Trinajstić information content (AvgIpc) is 2.47. The van der Waals surface area contributed by atoms with E-state index in [0.29, 0.717) is 10.6 Å². The van der Waals surface area contributed by atoms with Crippen molar-refractivity contribution in [1.29, 1.82) is 0 Å². The highest BCUT2D eigenvalue weighted by atomic mass is 35.5. The minimum absolute atomic E-state index is 0.00614. The van der Waals surface area contributed by atoms with Crippen LogP contribution in [-0.2, 0) is 6.42 Å². The second-order valence-corrected chi connectivity index (χ2v) is 6.84. The lowest BCUT2D eigenvalue weighted by molar-refractivity contribution is 0.0902. The van der Waals surface area contributed by atoms with Crippen molar-refractivity contribution in [1.82, 2.24) is 10.3 Å². The molecule has 22 heavy (non-hydrogen) atoms. The minimum atomic E-state index is -0.164. The zero-order valence-corrected chi connectivity index (χ0v) is 13.9. The maximum Gasteiger partial charge on any atom is 0.253 e. The third kappa shape index (κ3) is 4.31. The number of nitrogens with zero attached hydrogens (tertiary/aromatic N) is 1. The number of hydrogen-bond donors (Lipinski definition) is 1. The lowest BCUT2D eigenvalue weighted by Gasteiger charge is -2.32. The first-order valence-electron chi connectivity index (χ1n) is 7.32. The van der Waals surface area contributed by atoms with Gasteiger partial charge in [0.15, 0.2) is 0 Å². The Morgan fingerprint density at radius 1 is 1.23 bits per heavy atom. The molecular weight excluding hydrogens is 296 g/mol. The molecule has 2 rings (SSSR count). The summed E-state index contributed by atoms with van der Waals surface area (Å²) >= 11 is 6.05.